The van der Waals surface area contributed by atoms with Crippen LogP contribution in [0.3, 0.4) is 0 Å². The zero-order chi connectivity index (χ0) is 23.7. The number of nitrogens with one attached hydrogen (secondary N) is 1. The fourth-order valence-corrected chi connectivity index (χ4v) is 4.47. The summed E-state index contributed by atoms with van der Waals surface area (Å²) in [6.07, 6.45) is 1.51. The van der Waals surface area contributed by atoms with E-state index in [2.05, 4.69) is 5.43 Å². The lowest BCUT2D eigenvalue weighted by Gasteiger charge is -2.16. The Labute approximate surface area is 202 Å². The molecule has 0 aliphatic carbocycles. The Kier molecular flexibility index (Phi) is 6.32. The highest BCUT2D eigenvalue weighted by molar-refractivity contribution is 8.26. The van der Waals surface area contributed by atoms with E-state index in [4.69, 9.17) is 28.2 Å². The fraction of sp³-hybridized carbons (Fsp3) is 0.0455. The maximum Gasteiger partial charge on any atom is 0.285 e. The molecule has 1 aliphatic rings. The molecule has 8 nitrogen and oxygen atoms in total. The van der Waals surface area contributed by atoms with E-state index in [1.54, 1.807) is 42.5 Å². The van der Waals surface area contributed by atoms with Crippen LogP contribution in [0, 0.1) is 17.0 Å². The van der Waals surface area contributed by atoms with Gasteiger partial charge in [0.2, 0.25) is 0 Å². The summed E-state index contributed by atoms with van der Waals surface area (Å²) in [4.78, 5) is 36.0. The molecule has 1 aliphatic heterocycles. The molecule has 1 saturated heterocycles. The third kappa shape index (κ3) is 4.82. The number of nitro groups is 1. The number of thioether (sulfide) groups is 1. The molecule has 0 saturated carbocycles. The number of hydrogen-bond donors (Lipinski definition) is 1. The van der Waals surface area contributed by atoms with E-state index in [1.807, 2.05) is 6.92 Å². The van der Waals surface area contributed by atoms with Crippen molar-refractivity contribution >= 4 is 63.5 Å². The Morgan fingerprint density at radius 2 is 1.94 bits per heavy atom. The predicted octanol–water partition coefficient (Wildman–Crippen LogP) is 5.36. The number of thiocarbonyl (C=S) groups is 1. The van der Waals surface area contributed by atoms with Gasteiger partial charge >= 0.3 is 0 Å². The van der Waals surface area contributed by atoms with Crippen LogP contribution in [-0.2, 0) is 4.79 Å². The van der Waals surface area contributed by atoms with Crippen LogP contribution in [0.2, 0.25) is 5.02 Å². The number of hydrazine groups is 1. The topological polar surface area (TPSA) is 106 Å². The highest BCUT2D eigenvalue weighted by Crippen LogP contribution is 2.33. The number of furan rings is 1. The van der Waals surface area contributed by atoms with E-state index in [1.165, 1.54) is 18.2 Å². The summed E-state index contributed by atoms with van der Waals surface area (Å²) in [5.74, 6) is -0.198. The van der Waals surface area contributed by atoms with Gasteiger partial charge in [0.1, 0.15) is 11.5 Å². The number of nitrogens with zero attached hydrogens (tertiary/aromatic N) is 2. The van der Waals surface area contributed by atoms with Crippen molar-refractivity contribution in [2.24, 2.45) is 0 Å². The minimum Gasteiger partial charge on any atom is -0.457 e. The first-order valence-corrected chi connectivity index (χ1v) is 11.0. The van der Waals surface area contributed by atoms with Crippen LogP contribution in [0.5, 0.6) is 0 Å². The molecule has 0 bridgehead atoms. The maximum absolute atomic E-state index is 12.8. The average Bonchev–Trinajstić information content (AvgIpc) is 3.34. The monoisotopic (exact) mass is 499 g/mol. The normalized spacial score (nSPS) is 14.7. The summed E-state index contributed by atoms with van der Waals surface area (Å²) in [6, 6.07) is 14.2. The molecule has 0 unspecified atom stereocenters. The Balaban J connectivity index is 1.50. The van der Waals surface area contributed by atoms with Gasteiger partial charge in [-0.05, 0) is 61.1 Å². The summed E-state index contributed by atoms with van der Waals surface area (Å²) in [6.45, 7) is 1.85. The molecule has 1 fully saturated rings. The van der Waals surface area contributed by atoms with Crippen LogP contribution in [0.25, 0.3) is 17.4 Å². The van der Waals surface area contributed by atoms with Gasteiger partial charge in [0.15, 0.2) is 4.32 Å². The number of hydrogen-bond acceptors (Lipinski definition) is 7. The minimum atomic E-state index is -0.559. The molecule has 0 atom stereocenters. The van der Waals surface area contributed by atoms with Gasteiger partial charge in [0.25, 0.3) is 17.5 Å². The van der Waals surface area contributed by atoms with Crippen molar-refractivity contribution in [1.29, 1.82) is 0 Å². The van der Waals surface area contributed by atoms with Gasteiger partial charge in [0, 0.05) is 23.8 Å². The Morgan fingerprint density at radius 3 is 2.61 bits per heavy atom. The maximum atomic E-state index is 12.8. The second-order valence-electron chi connectivity index (χ2n) is 6.95. The Bertz CT molecular complexity index is 1330. The highest BCUT2D eigenvalue weighted by Gasteiger charge is 2.34. The van der Waals surface area contributed by atoms with Crippen molar-refractivity contribution < 1.29 is 18.9 Å². The SMILES string of the molecule is Cc1ccc(C(=O)NN2C(=O)/C(=C\c3ccc(-c4ccc([N+](=O)[O-])cc4)o3)SC2=S)c(Cl)c1. The van der Waals surface area contributed by atoms with Crippen LogP contribution in [0.4, 0.5) is 5.69 Å². The number of nitro benzene ring substituents is 1. The Morgan fingerprint density at radius 1 is 1.21 bits per heavy atom. The van der Waals surface area contributed by atoms with Crippen molar-refractivity contribution in [2.45, 2.75) is 6.92 Å². The predicted molar refractivity (Wildman–Crippen MR) is 129 cm³/mol. The van der Waals surface area contributed by atoms with Crippen molar-refractivity contribution in [3.8, 4) is 11.3 Å². The number of aryl methyl sites for hydroxylation is 1. The standard InChI is InChI=1S/C22H14ClN3O5S2/c1-12-2-8-16(17(23)10-12)20(27)24-25-21(28)19(33-22(25)32)11-15-7-9-18(31-15)13-3-5-14(6-4-13)26(29)30/h2-11H,1H3,(H,24,27)/b19-11+. The van der Waals surface area contributed by atoms with Crippen molar-refractivity contribution in [3.05, 3.63) is 91.5 Å². The van der Waals surface area contributed by atoms with Crippen LogP contribution in [0.1, 0.15) is 21.7 Å². The lowest BCUT2D eigenvalue weighted by molar-refractivity contribution is -0.384. The van der Waals surface area contributed by atoms with E-state index in [0.717, 1.165) is 22.3 Å². The van der Waals surface area contributed by atoms with Crippen LogP contribution in [0.15, 0.2) is 63.9 Å². The highest BCUT2D eigenvalue weighted by atomic mass is 35.5. The molecular weight excluding hydrogens is 486 g/mol. The van der Waals surface area contributed by atoms with E-state index >= 15 is 0 Å². The van der Waals surface area contributed by atoms with E-state index in [-0.39, 0.29) is 25.5 Å². The summed E-state index contributed by atoms with van der Waals surface area (Å²) in [5.41, 5.74) is 4.23. The summed E-state index contributed by atoms with van der Waals surface area (Å²) < 4.78 is 5.91. The number of halogens is 1. The molecule has 2 amide bonds. The molecule has 2 aromatic carbocycles. The van der Waals surface area contributed by atoms with Crippen LogP contribution < -0.4 is 5.43 Å². The zero-order valence-electron chi connectivity index (χ0n) is 16.9. The van der Waals surface area contributed by atoms with E-state index in [0.29, 0.717) is 17.1 Å². The van der Waals surface area contributed by atoms with Gasteiger partial charge in [-0.1, -0.05) is 29.4 Å². The van der Waals surface area contributed by atoms with Gasteiger partial charge < -0.3 is 4.42 Å². The second-order valence-corrected chi connectivity index (χ2v) is 9.03. The minimum absolute atomic E-state index is 0.0248. The molecule has 1 N–H and O–H groups in total. The largest absolute Gasteiger partial charge is 0.457 e. The first-order chi connectivity index (χ1) is 15.7. The number of amides is 2. The number of carbonyl (C=O) groups excluding carboxylic acids is 2. The van der Waals surface area contributed by atoms with Crippen LogP contribution >= 0.6 is 35.6 Å². The number of carbonyl (C=O) groups is 2. The molecule has 2 heterocycles. The Hall–Kier alpha value is -3.47. The lowest BCUT2D eigenvalue weighted by Crippen LogP contribution is -2.44. The first-order valence-electron chi connectivity index (χ1n) is 9.42. The smallest absolute Gasteiger partial charge is 0.285 e. The molecule has 33 heavy (non-hydrogen) atoms. The van der Waals surface area contributed by atoms with E-state index in [9.17, 15) is 19.7 Å². The van der Waals surface area contributed by atoms with Gasteiger partial charge in [-0.25, -0.2) is 0 Å². The van der Waals surface area contributed by atoms with Gasteiger partial charge in [0.05, 0.1) is 20.4 Å². The fourth-order valence-electron chi connectivity index (χ4n) is 2.99. The average molecular weight is 500 g/mol. The van der Waals surface area contributed by atoms with Crippen LogP contribution in [-0.4, -0.2) is 26.1 Å². The molecule has 0 spiro atoms. The third-order valence-corrected chi connectivity index (χ3v) is 6.25. The molecule has 0 radical (unpaired) electrons. The number of non-ortho nitro benzene ring substituents is 1. The van der Waals surface area contributed by atoms with Crippen molar-refractivity contribution in [1.82, 2.24) is 10.4 Å². The summed E-state index contributed by atoms with van der Waals surface area (Å²) >= 11 is 12.4. The number of benzene rings is 2. The third-order valence-electron chi connectivity index (χ3n) is 4.64. The molecule has 11 heteroatoms. The van der Waals surface area contributed by atoms with Gasteiger partial charge in [-0.15, -0.1) is 0 Å². The molecule has 3 aromatic rings. The lowest BCUT2D eigenvalue weighted by atomic mass is 10.1. The summed E-state index contributed by atoms with van der Waals surface area (Å²) in [7, 11) is 0. The first kappa shape index (κ1) is 22.7. The molecule has 1 aromatic heterocycles. The molecule has 4 rings (SSSR count). The molecule has 166 valence electrons. The van der Waals surface area contributed by atoms with Gasteiger partial charge in [-0.2, -0.15) is 5.01 Å². The van der Waals surface area contributed by atoms with Crippen molar-refractivity contribution in [3.63, 3.8) is 0 Å². The zero-order valence-corrected chi connectivity index (χ0v) is 19.3. The molecular formula is C22H14ClN3O5S2. The van der Waals surface area contributed by atoms with Crippen molar-refractivity contribution in [2.75, 3.05) is 0 Å². The second kappa shape index (κ2) is 9.18. The quantitative estimate of drug-likeness (QED) is 0.218. The van der Waals surface area contributed by atoms with Gasteiger partial charge in [-0.3, -0.25) is 25.1 Å². The number of rotatable bonds is 5. The van der Waals surface area contributed by atoms with E-state index < -0.39 is 16.7 Å². The summed E-state index contributed by atoms with van der Waals surface area (Å²) in [5, 5.41) is 12.1.